The second-order valence-corrected chi connectivity index (χ2v) is 10.0. The Kier molecular flexibility index (Phi) is 5.19. The van der Waals surface area contributed by atoms with Gasteiger partial charge in [0.1, 0.15) is 5.25 Å². The van der Waals surface area contributed by atoms with E-state index in [9.17, 15) is 17.2 Å². The van der Waals surface area contributed by atoms with Crippen molar-refractivity contribution in [2.24, 2.45) is 0 Å². The predicted octanol–water partition coefficient (Wildman–Crippen LogP) is 5.52. The third-order valence-electron chi connectivity index (χ3n) is 5.44. The average Bonchev–Trinajstić information content (AvgIpc) is 3.01. The molecule has 28 heavy (non-hydrogen) atoms. The molecule has 0 aliphatic heterocycles. The molecule has 148 valence electrons. The fourth-order valence-electron chi connectivity index (χ4n) is 4.05. The van der Waals surface area contributed by atoms with Crippen molar-refractivity contribution >= 4 is 32.3 Å². The van der Waals surface area contributed by atoms with Crippen molar-refractivity contribution in [2.75, 3.05) is 5.75 Å². The van der Waals surface area contributed by atoms with Gasteiger partial charge in [-0.25, -0.2) is 17.2 Å². The molecule has 7 heteroatoms. The summed E-state index contributed by atoms with van der Waals surface area (Å²) in [5.74, 6) is -1.78. The van der Waals surface area contributed by atoms with Crippen LogP contribution in [0.15, 0.2) is 36.4 Å². The number of aryl methyl sites for hydroxylation is 2. The van der Waals surface area contributed by atoms with Crippen LogP contribution in [0, 0.1) is 11.6 Å². The van der Waals surface area contributed by atoms with E-state index in [2.05, 4.69) is 4.98 Å². The van der Waals surface area contributed by atoms with Crippen LogP contribution in [-0.4, -0.2) is 19.2 Å². The molecule has 1 aliphatic carbocycles. The van der Waals surface area contributed by atoms with Crippen molar-refractivity contribution in [2.45, 2.75) is 37.4 Å². The van der Waals surface area contributed by atoms with Crippen molar-refractivity contribution in [1.82, 2.24) is 4.98 Å². The number of halogens is 3. The van der Waals surface area contributed by atoms with Gasteiger partial charge in [-0.1, -0.05) is 23.7 Å². The van der Waals surface area contributed by atoms with Gasteiger partial charge < -0.3 is 4.98 Å². The maximum absolute atomic E-state index is 13.7. The molecule has 1 heterocycles. The number of rotatable bonds is 5. The Labute approximate surface area is 167 Å². The van der Waals surface area contributed by atoms with E-state index in [1.807, 2.05) is 12.1 Å². The zero-order valence-electron chi connectivity index (χ0n) is 15.1. The molecular weight excluding hydrogens is 404 g/mol. The normalized spacial score (nSPS) is 17.0. The molecule has 0 saturated carbocycles. The topological polar surface area (TPSA) is 49.9 Å². The molecule has 1 atom stereocenters. The van der Waals surface area contributed by atoms with Crippen molar-refractivity contribution in [1.29, 1.82) is 0 Å². The minimum Gasteiger partial charge on any atom is -0.357 e. The maximum Gasteiger partial charge on any atom is 0.160 e. The van der Waals surface area contributed by atoms with E-state index in [1.165, 1.54) is 0 Å². The van der Waals surface area contributed by atoms with Gasteiger partial charge in [0.05, 0.1) is 5.75 Å². The van der Waals surface area contributed by atoms with Gasteiger partial charge in [0, 0.05) is 27.7 Å². The zero-order chi connectivity index (χ0) is 19.9. The first-order valence-electron chi connectivity index (χ1n) is 9.30. The third-order valence-corrected chi connectivity index (χ3v) is 7.88. The molecule has 1 unspecified atom stereocenters. The summed E-state index contributed by atoms with van der Waals surface area (Å²) in [6, 6.07) is 9.65. The molecule has 2 aromatic carbocycles. The van der Waals surface area contributed by atoms with Gasteiger partial charge in [-0.2, -0.15) is 0 Å². The Morgan fingerprint density at radius 3 is 2.57 bits per heavy atom. The molecule has 0 radical (unpaired) electrons. The third kappa shape index (κ3) is 3.67. The largest absolute Gasteiger partial charge is 0.357 e. The van der Waals surface area contributed by atoms with Gasteiger partial charge in [-0.15, -0.1) is 0 Å². The number of aromatic amines is 1. The number of hydrogen-bond donors (Lipinski definition) is 1. The molecule has 3 nitrogen and oxygen atoms in total. The summed E-state index contributed by atoms with van der Waals surface area (Å²) < 4.78 is 53.3. The summed E-state index contributed by atoms with van der Waals surface area (Å²) in [5.41, 5.74) is 2.89. The first-order chi connectivity index (χ1) is 13.3. The van der Waals surface area contributed by atoms with Gasteiger partial charge >= 0.3 is 0 Å². The first-order valence-corrected chi connectivity index (χ1v) is 11.4. The second-order valence-electron chi connectivity index (χ2n) is 7.31. The SMILES string of the molecule is O=S(=O)(CCCc1ccc(Cl)cc1)C1CCCc2c1[nH]c1cc(F)c(F)cc21. The standard InChI is InChI=1S/C21H20ClF2NO2S/c22-14-8-6-13(7-9-14)3-2-10-28(26,27)20-5-1-4-15-16-11-17(23)18(24)12-19(16)25-21(15)20/h6-9,11-12,20,25H,1-5,10H2. The summed E-state index contributed by atoms with van der Waals surface area (Å²) in [4.78, 5) is 3.05. The van der Waals surface area contributed by atoms with Crippen LogP contribution in [0.2, 0.25) is 5.02 Å². The van der Waals surface area contributed by atoms with Crippen molar-refractivity contribution in [3.63, 3.8) is 0 Å². The van der Waals surface area contributed by atoms with Crippen LogP contribution >= 0.6 is 11.6 Å². The Hall–Kier alpha value is -1.92. The van der Waals surface area contributed by atoms with E-state index in [0.29, 0.717) is 53.7 Å². The molecule has 0 saturated heterocycles. The molecular formula is C21H20ClF2NO2S. The highest BCUT2D eigenvalue weighted by atomic mass is 35.5. The molecule has 3 aromatic rings. The fourth-order valence-corrected chi connectivity index (χ4v) is 6.09. The smallest absolute Gasteiger partial charge is 0.160 e. The minimum atomic E-state index is -3.39. The van der Waals surface area contributed by atoms with Gasteiger partial charge in [0.25, 0.3) is 0 Å². The lowest BCUT2D eigenvalue weighted by molar-refractivity contribution is 0.511. The highest BCUT2D eigenvalue weighted by Crippen LogP contribution is 2.40. The lowest BCUT2D eigenvalue weighted by Gasteiger charge is -2.23. The maximum atomic E-state index is 13.7. The zero-order valence-corrected chi connectivity index (χ0v) is 16.7. The lowest BCUT2D eigenvalue weighted by Crippen LogP contribution is -2.21. The molecule has 0 bridgehead atoms. The Morgan fingerprint density at radius 2 is 1.82 bits per heavy atom. The second kappa shape index (κ2) is 7.48. The van der Waals surface area contributed by atoms with Crippen molar-refractivity contribution in [3.05, 3.63) is 69.9 Å². The Balaban J connectivity index is 1.56. The lowest BCUT2D eigenvalue weighted by atomic mass is 9.95. The van der Waals surface area contributed by atoms with Crippen LogP contribution in [0.3, 0.4) is 0 Å². The number of aromatic nitrogens is 1. The Morgan fingerprint density at radius 1 is 1.11 bits per heavy atom. The first kappa shape index (κ1) is 19.4. The predicted molar refractivity (Wildman–Crippen MR) is 107 cm³/mol. The highest BCUT2D eigenvalue weighted by molar-refractivity contribution is 7.91. The highest BCUT2D eigenvalue weighted by Gasteiger charge is 2.33. The van der Waals surface area contributed by atoms with Crippen molar-refractivity contribution in [3.8, 4) is 0 Å². The van der Waals surface area contributed by atoms with E-state index in [4.69, 9.17) is 11.6 Å². The van der Waals surface area contributed by atoms with Crippen molar-refractivity contribution < 1.29 is 17.2 Å². The molecule has 1 aliphatic rings. The number of nitrogens with one attached hydrogen (secondary N) is 1. The number of benzene rings is 2. The molecule has 1 N–H and O–H groups in total. The summed E-state index contributed by atoms with van der Waals surface area (Å²) >= 11 is 5.87. The van der Waals surface area contributed by atoms with E-state index in [0.717, 1.165) is 23.3 Å². The fraction of sp³-hybridized carbons (Fsp3) is 0.333. The number of fused-ring (bicyclic) bond motifs is 3. The molecule has 0 fully saturated rings. The van der Waals surface area contributed by atoms with Gasteiger partial charge in [0.2, 0.25) is 0 Å². The van der Waals surface area contributed by atoms with Gasteiger partial charge in [-0.05, 0) is 61.4 Å². The van der Waals surface area contributed by atoms with E-state index < -0.39 is 26.7 Å². The monoisotopic (exact) mass is 423 g/mol. The van der Waals surface area contributed by atoms with Crippen LogP contribution in [-0.2, 0) is 22.7 Å². The van der Waals surface area contributed by atoms with E-state index in [-0.39, 0.29) is 5.75 Å². The number of hydrogen-bond acceptors (Lipinski definition) is 2. The number of H-pyrrole nitrogens is 1. The molecule has 0 amide bonds. The van der Waals surface area contributed by atoms with Crippen LogP contribution in [0.25, 0.3) is 10.9 Å². The van der Waals surface area contributed by atoms with Gasteiger partial charge in [-0.3, -0.25) is 0 Å². The van der Waals surface area contributed by atoms with Crippen LogP contribution in [0.4, 0.5) is 8.78 Å². The van der Waals surface area contributed by atoms with Crippen LogP contribution in [0.1, 0.15) is 41.3 Å². The summed E-state index contributed by atoms with van der Waals surface area (Å²) in [6.07, 6.45) is 3.06. The van der Waals surface area contributed by atoms with Gasteiger partial charge in [0.15, 0.2) is 21.5 Å². The quantitative estimate of drug-likeness (QED) is 0.587. The summed E-state index contributed by atoms with van der Waals surface area (Å²) in [5, 5.41) is 0.577. The van der Waals surface area contributed by atoms with Crippen LogP contribution < -0.4 is 0 Å². The minimum absolute atomic E-state index is 0.0673. The number of sulfone groups is 1. The average molecular weight is 424 g/mol. The summed E-state index contributed by atoms with van der Waals surface area (Å²) in [7, 11) is -3.39. The van der Waals surface area contributed by atoms with Crippen LogP contribution in [0.5, 0.6) is 0 Å². The Bertz CT molecular complexity index is 1120. The van der Waals surface area contributed by atoms with E-state index >= 15 is 0 Å². The molecule has 1 aromatic heterocycles. The molecule has 0 spiro atoms. The molecule has 4 rings (SSSR count). The summed E-state index contributed by atoms with van der Waals surface area (Å²) in [6.45, 7) is 0. The van der Waals surface area contributed by atoms with E-state index in [1.54, 1.807) is 12.1 Å².